The Labute approximate surface area is 169 Å². The van der Waals surface area contributed by atoms with E-state index in [1.165, 1.54) is 27.4 Å². The average Bonchev–Trinajstić information content (AvgIpc) is 2.69. The van der Waals surface area contributed by atoms with Crippen molar-refractivity contribution in [2.75, 3.05) is 27.9 Å². The Morgan fingerprint density at radius 1 is 1.07 bits per heavy atom. The Balaban J connectivity index is 2.10. The van der Waals surface area contributed by atoms with Crippen LogP contribution in [0.1, 0.15) is 15.9 Å². The number of aromatic nitrogens is 1. The smallest absolute Gasteiger partial charge is 0.422 e. The van der Waals surface area contributed by atoms with Gasteiger partial charge >= 0.3 is 6.18 Å². The van der Waals surface area contributed by atoms with Gasteiger partial charge in [0.15, 0.2) is 18.1 Å². The molecule has 0 radical (unpaired) electrons. The molecule has 0 aliphatic carbocycles. The second-order valence-electron chi connectivity index (χ2n) is 5.62. The SMILES string of the molecule is COc1cc(OC)c(OC)cc1CNC(=O)c1cnc(OCC(F)(F)F)c(Cl)c1. The minimum absolute atomic E-state index is 0.0498. The summed E-state index contributed by atoms with van der Waals surface area (Å²) in [4.78, 5) is 16.0. The first-order valence-electron chi connectivity index (χ1n) is 8.10. The fourth-order valence-electron chi connectivity index (χ4n) is 2.31. The zero-order valence-corrected chi connectivity index (χ0v) is 16.5. The third-order valence-corrected chi connectivity index (χ3v) is 3.94. The molecule has 0 bridgehead atoms. The lowest BCUT2D eigenvalue weighted by atomic mass is 10.1. The van der Waals surface area contributed by atoms with E-state index in [9.17, 15) is 18.0 Å². The minimum atomic E-state index is -4.53. The molecule has 0 saturated heterocycles. The number of ether oxygens (including phenoxy) is 4. The summed E-state index contributed by atoms with van der Waals surface area (Å²) in [5, 5.41) is 2.43. The summed E-state index contributed by atoms with van der Waals surface area (Å²) in [5.41, 5.74) is 0.663. The number of hydrogen-bond acceptors (Lipinski definition) is 6. The highest BCUT2D eigenvalue weighted by molar-refractivity contribution is 6.32. The summed E-state index contributed by atoms with van der Waals surface area (Å²) in [5.74, 6) is 0.425. The molecule has 0 aliphatic heterocycles. The molecule has 2 rings (SSSR count). The van der Waals surface area contributed by atoms with Gasteiger partial charge < -0.3 is 24.3 Å². The molecule has 29 heavy (non-hydrogen) atoms. The van der Waals surface area contributed by atoms with Crippen LogP contribution >= 0.6 is 11.6 Å². The van der Waals surface area contributed by atoms with Gasteiger partial charge in [0.2, 0.25) is 5.88 Å². The van der Waals surface area contributed by atoms with Crippen LogP contribution in [0.15, 0.2) is 24.4 Å². The Kier molecular flexibility index (Phi) is 7.38. The molecule has 1 amide bonds. The second-order valence-corrected chi connectivity index (χ2v) is 6.02. The van der Waals surface area contributed by atoms with Gasteiger partial charge in [-0.05, 0) is 12.1 Å². The molecule has 158 valence electrons. The third-order valence-electron chi connectivity index (χ3n) is 3.67. The molecule has 0 fully saturated rings. The molecular formula is C18H18ClF3N2O5. The van der Waals surface area contributed by atoms with Crippen molar-refractivity contribution in [3.63, 3.8) is 0 Å². The van der Waals surface area contributed by atoms with Crippen molar-refractivity contribution in [1.82, 2.24) is 10.3 Å². The number of nitrogens with one attached hydrogen (secondary N) is 1. The standard InChI is InChI=1S/C18H18ClF3N2O5/c1-26-13-6-15(28-3)14(27-2)5-10(13)7-23-16(25)11-4-12(19)17(24-8-11)29-9-18(20,21)22/h4-6,8H,7,9H2,1-3H3,(H,23,25). The van der Waals surface area contributed by atoms with E-state index >= 15 is 0 Å². The molecule has 1 aromatic heterocycles. The number of alkyl halides is 3. The Bertz CT molecular complexity index is 877. The lowest BCUT2D eigenvalue weighted by Gasteiger charge is -2.15. The summed E-state index contributed by atoms with van der Waals surface area (Å²) >= 11 is 5.85. The maximum absolute atomic E-state index is 12.3. The Morgan fingerprint density at radius 3 is 2.24 bits per heavy atom. The molecule has 2 aromatic rings. The first kappa shape index (κ1) is 22.4. The molecule has 1 N–H and O–H groups in total. The summed E-state index contributed by atoms with van der Waals surface area (Å²) in [6, 6.07) is 4.43. The Morgan fingerprint density at radius 2 is 1.69 bits per heavy atom. The summed E-state index contributed by atoms with van der Waals surface area (Å²) in [6.07, 6.45) is -3.46. The van der Waals surface area contributed by atoms with Gasteiger partial charge in [-0.2, -0.15) is 13.2 Å². The second kappa shape index (κ2) is 9.55. The number of pyridine rings is 1. The summed E-state index contributed by atoms with van der Waals surface area (Å²) in [6.45, 7) is -1.46. The van der Waals surface area contributed by atoms with Crippen LogP contribution in [0.4, 0.5) is 13.2 Å². The van der Waals surface area contributed by atoms with Crippen molar-refractivity contribution < 1.29 is 36.9 Å². The first-order chi connectivity index (χ1) is 13.7. The van der Waals surface area contributed by atoms with Crippen LogP contribution in [-0.2, 0) is 6.54 Å². The molecular weight excluding hydrogens is 417 g/mol. The van der Waals surface area contributed by atoms with E-state index in [-0.39, 0.29) is 17.1 Å². The molecule has 1 heterocycles. The van der Waals surface area contributed by atoms with E-state index in [4.69, 9.17) is 25.8 Å². The van der Waals surface area contributed by atoms with E-state index < -0.39 is 24.6 Å². The molecule has 7 nitrogen and oxygen atoms in total. The van der Waals surface area contributed by atoms with Crippen molar-refractivity contribution in [2.24, 2.45) is 0 Å². The average molecular weight is 435 g/mol. The van der Waals surface area contributed by atoms with Crippen LogP contribution in [0.25, 0.3) is 0 Å². The fraction of sp³-hybridized carbons (Fsp3) is 0.333. The number of nitrogens with zero attached hydrogens (tertiary/aromatic N) is 1. The first-order valence-corrected chi connectivity index (χ1v) is 8.48. The maximum Gasteiger partial charge on any atom is 0.422 e. The molecule has 0 aliphatic rings. The van der Waals surface area contributed by atoms with Gasteiger partial charge in [0.25, 0.3) is 5.91 Å². The number of carbonyl (C=O) groups excluding carboxylic acids is 1. The van der Waals surface area contributed by atoms with Crippen molar-refractivity contribution in [2.45, 2.75) is 12.7 Å². The van der Waals surface area contributed by atoms with Crippen molar-refractivity contribution >= 4 is 17.5 Å². The predicted octanol–water partition coefficient (Wildman–Crippen LogP) is 3.63. The molecule has 0 atom stereocenters. The van der Waals surface area contributed by atoms with E-state index in [0.29, 0.717) is 22.8 Å². The Hall–Kier alpha value is -2.88. The van der Waals surface area contributed by atoms with Crippen molar-refractivity contribution in [3.05, 3.63) is 40.5 Å². The highest BCUT2D eigenvalue weighted by Gasteiger charge is 2.29. The van der Waals surface area contributed by atoms with Crippen molar-refractivity contribution in [1.29, 1.82) is 0 Å². The molecule has 11 heteroatoms. The van der Waals surface area contributed by atoms with Gasteiger partial charge in [-0.3, -0.25) is 4.79 Å². The van der Waals surface area contributed by atoms with Crippen LogP contribution in [0.5, 0.6) is 23.1 Å². The van der Waals surface area contributed by atoms with E-state index in [1.807, 2.05) is 0 Å². The van der Waals surface area contributed by atoms with Crippen LogP contribution in [-0.4, -0.2) is 45.0 Å². The highest BCUT2D eigenvalue weighted by atomic mass is 35.5. The van der Waals surface area contributed by atoms with Gasteiger partial charge in [0.05, 0.1) is 26.9 Å². The summed E-state index contributed by atoms with van der Waals surface area (Å²) < 4.78 is 56.9. The van der Waals surface area contributed by atoms with Crippen LogP contribution in [0.2, 0.25) is 5.02 Å². The van der Waals surface area contributed by atoms with Gasteiger partial charge in [-0.25, -0.2) is 4.98 Å². The normalized spacial score (nSPS) is 11.0. The zero-order valence-electron chi connectivity index (χ0n) is 15.7. The van der Waals surface area contributed by atoms with Gasteiger partial charge in [0.1, 0.15) is 10.8 Å². The van der Waals surface area contributed by atoms with E-state index in [2.05, 4.69) is 15.0 Å². The molecule has 1 aromatic carbocycles. The van der Waals surface area contributed by atoms with E-state index in [1.54, 1.807) is 12.1 Å². The van der Waals surface area contributed by atoms with Gasteiger partial charge in [-0.1, -0.05) is 11.6 Å². The van der Waals surface area contributed by atoms with Crippen LogP contribution < -0.4 is 24.3 Å². The summed E-state index contributed by atoms with van der Waals surface area (Å²) in [7, 11) is 4.43. The fourth-order valence-corrected chi connectivity index (χ4v) is 2.54. The molecule has 0 unspecified atom stereocenters. The number of rotatable bonds is 8. The number of amides is 1. The van der Waals surface area contributed by atoms with Gasteiger partial charge in [-0.15, -0.1) is 0 Å². The number of hydrogen-bond donors (Lipinski definition) is 1. The number of benzene rings is 1. The van der Waals surface area contributed by atoms with Crippen LogP contribution in [0.3, 0.4) is 0 Å². The monoisotopic (exact) mass is 434 g/mol. The largest absolute Gasteiger partial charge is 0.496 e. The minimum Gasteiger partial charge on any atom is -0.496 e. The van der Waals surface area contributed by atoms with E-state index in [0.717, 1.165) is 6.20 Å². The van der Waals surface area contributed by atoms with Crippen LogP contribution in [0, 0.1) is 0 Å². The zero-order chi connectivity index (χ0) is 21.6. The van der Waals surface area contributed by atoms with Crippen molar-refractivity contribution in [3.8, 4) is 23.1 Å². The maximum atomic E-state index is 12.3. The highest BCUT2D eigenvalue weighted by Crippen LogP contribution is 2.34. The topological polar surface area (TPSA) is 78.9 Å². The third kappa shape index (κ3) is 6.05. The molecule has 0 saturated carbocycles. The predicted molar refractivity (Wildman–Crippen MR) is 98.1 cm³/mol. The lowest BCUT2D eigenvalue weighted by molar-refractivity contribution is -0.154. The molecule has 0 spiro atoms. The van der Waals surface area contributed by atoms with Gasteiger partial charge in [0, 0.05) is 24.4 Å². The number of halogens is 4. The number of carbonyl (C=O) groups is 1. The number of methoxy groups -OCH3 is 3. The lowest BCUT2D eigenvalue weighted by Crippen LogP contribution is -2.23. The quantitative estimate of drug-likeness (QED) is 0.683.